The van der Waals surface area contributed by atoms with Gasteiger partial charge in [0.15, 0.2) is 5.96 Å². The molecule has 1 aliphatic heterocycles. The predicted molar refractivity (Wildman–Crippen MR) is 99.1 cm³/mol. The fourth-order valence-electron chi connectivity index (χ4n) is 2.53. The maximum absolute atomic E-state index is 4.73. The van der Waals surface area contributed by atoms with Crippen LogP contribution in [-0.2, 0) is 0 Å². The molecule has 0 aromatic carbocycles. The number of halogens is 1. The fraction of sp³-hybridized carbons (Fsp3) is 0.933. The standard InChI is InChI=1S/C15H32N4.HI/c1-4-7-9-17-15(16-6-3)18-12-14-8-11-19(13-14)10-5-2;/h14H,4-13H2,1-3H3,(H2,16,17,18);1H. The number of nitrogens with zero attached hydrogens (tertiary/aromatic N) is 2. The van der Waals surface area contributed by atoms with Crippen molar-refractivity contribution >= 4 is 29.9 Å². The van der Waals surface area contributed by atoms with Crippen molar-refractivity contribution in [2.75, 3.05) is 39.3 Å². The van der Waals surface area contributed by atoms with Gasteiger partial charge in [0, 0.05) is 26.2 Å². The number of unbranched alkanes of at least 4 members (excludes halogenated alkanes) is 1. The van der Waals surface area contributed by atoms with E-state index in [1.807, 2.05) is 0 Å². The molecular formula is C15H33IN4. The van der Waals surface area contributed by atoms with Crippen LogP contribution in [-0.4, -0.2) is 50.1 Å². The number of aliphatic imine (C=N–C) groups is 1. The number of rotatable bonds is 8. The molecule has 0 saturated carbocycles. The fourth-order valence-corrected chi connectivity index (χ4v) is 2.53. The maximum atomic E-state index is 4.73. The lowest BCUT2D eigenvalue weighted by Gasteiger charge is -2.14. The van der Waals surface area contributed by atoms with Crippen molar-refractivity contribution in [3.8, 4) is 0 Å². The molecule has 0 aromatic rings. The van der Waals surface area contributed by atoms with Gasteiger partial charge in [-0.15, -0.1) is 24.0 Å². The van der Waals surface area contributed by atoms with Crippen LogP contribution in [0.25, 0.3) is 0 Å². The Morgan fingerprint density at radius 2 is 2.00 bits per heavy atom. The number of hydrogen-bond donors (Lipinski definition) is 2. The summed E-state index contributed by atoms with van der Waals surface area (Å²) in [4.78, 5) is 7.30. The second-order valence-electron chi connectivity index (χ2n) is 5.46. The van der Waals surface area contributed by atoms with Gasteiger partial charge in [0.1, 0.15) is 0 Å². The first kappa shape index (κ1) is 20.0. The Labute approximate surface area is 142 Å². The summed E-state index contributed by atoms with van der Waals surface area (Å²) in [5, 5.41) is 6.73. The number of nitrogens with one attached hydrogen (secondary N) is 2. The van der Waals surface area contributed by atoms with Crippen molar-refractivity contribution in [1.29, 1.82) is 0 Å². The largest absolute Gasteiger partial charge is 0.357 e. The molecule has 1 heterocycles. The van der Waals surface area contributed by atoms with Gasteiger partial charge >= 0.3 is 0 Å². The van der Waals surface area contributed by atoms with Crippen molar-refractivity contribution in [3.05, 3.63) is 0 Å². The van der Waals surface area contributed by atoms with E-state index in [9.17, 15) is 0 Å². The number of hydrogen-bond acceptors (Lipinski definition) is 2. The Hall–Kier alpha value is -0.0400. The van der Waals surface area contributed by atoms with Gasteiger partial charge in [-0.05, 0) is 45.2 Å². The van der Waals surface area contributed by atoms with Gasteiger partial charge in [-0.25, -0.2) is 0 Å². The average Bonchev–Trinajstić information content (AvgIpc) is 2.84. The Balaban J connectivity index is 0.00000361. The van der Waals surface area contributed by atoms with Crippen LogP contribution in [0.5, 0.6) is 0 Å². The van der Waals surface area contributed by atoms with Gasteiger partial charge in [0.05, 0.1) is 0 Å². The monoisotopic (exact) mass is 396 g/mol. The first-order valence-electron chi connectivity index (χ1n) is 8.04. The summed E-state index contributed by atoms with van der Waals surface area (Å²) in [7, 11) is 0. The molecule has 1 atom stereocenters. The molecule has 5 heteroatoms. The second kappa shape index (κ2) is 12.7. The molecule has 0 amide bonds. The molecule has 2 N–H and O–H groups in total. The highest BCUT2D eigenvalue weighted by Crippen LogP contribution is 2.16. The van der Waals surface area contributed by atoms with Gasteiger partial charge < -0.3 is 15.5 Å². The van der Waals surface area contributed by atoms with E-state index in [1.54, 1.807) is 0 Å². The molecule has 1 fully saturated rings. The molecule has 1 aliphatic rings. The van der Waals surface area contributed by atoms with Crippen molar-refractivity contribution in [2.24, 2.45) is 10.9 Å². The lowest BCUT2D eigenvalue weighted by Crippen LogP contribution is -2.38. The molecule has 0 radical (unpaired) electrons. The third-order valence-corrected chi connectivity index (χ3v) is 3.58. The molecule has 0 spiro atoms. The minimum atomic E-state index is 0. The van der Waals surface area contributed by atoms with Gasteiger partial charge in [0.2, 0.25) is 0 Å². The van der Waals surface area contributed by atoms with Crippen LogP contribution in [0.4, 0.5) is 0 Å². The van der Waals surface area contributed by atoms with Crippen molar-refractivity contribution < 1.29 is 0 Å². The minimum Gasteiger partial charge on any atom is -0.357 e. The van der Waals surface area contributed by atoms with E-state index in [-0.39, 0.29) is 24.0 Å². The van der Waals surface area contributed by atoms with Crippen molar-refractivity contribution in [3.63, 3.8) is 0 Å². The zero-order valence-corrected chi connectivity index (χ0v) is 15.8. The van der Waals surface area contributed by atoms with Crippen LogP contribution in [0.2, 0.25) is 0 Å². The van der Waals surface area contributed by atoms with E-state index in [1.165, 1.54) is 45.3 Å². The van der Waals surface area contributed by atoms with Gasteiger partial charge in [-0.1, -0.05) is 20.3 Å². The molecule has 1 unspecified atom stereocenters. The summed E-state index contributed by atoms with van der Waals surface area (Å²) in [6.45, 7) is 13.2. The molecule has 20 heavy (non-hydrogen) atoms. The number of guanidine groups is 1. The topological polar surface area (TPSA) is 39.7 Å². The molecule has 120 valence electrons. The first-order valence-corrected chi connectivity index (χ1v) is 8.04. The first-order chi connectivity index (χ1) is 9.30. The molecule has 4 nitrogen and oxygen atoms in total. The zero-order chi connectivity index (χ0) is 13.9. The summed E-state index contributed by atoms with van der Waals surface area (Å²) in [6.07, 6.45) is 4.99. The third-order valence-electron chi connectivity index (χ3n) is 3.58. The van der Waals surface area contributed by atoms with Gasteiger partial charge in [0.25, 0.3) is 0 Å². The predicted octanol–water partition coefficient (Wildman–Crippen LogP) is 2.69. The van der Waals surface area contributed by atoms with E-state index < -0.39 is 0 Å². The van der Waals surface area contributed by atoms with Crippen LogP contribution in [0.15, 0.2) is 4.99 Å². The van der Waals surface area contributed by atoms with E-state index >= 15 is 0 Å². The normalized spacial score (nSPS) is 19.8. The minimum absolute atomic E-state index is 0. The Kier molecular flexibility index (Phi) is 12.7. The van der Waals surface area contributed by atoms with Crippen LogP contribution in [0.1, 0.15) is 46.5 Å². The lowest BCUT2D eigenvalue weighted by atomic mass is 10.1. The SMILES string of the molecule is CCCCNC(=NCC1CCN(CCC)C1)NCC.I. The van der Waals surface area contributed by atoms with Gasteiger partial charge in [-0.2, -0.15) is 0 Å². The Morgan fingerprint density at radius 3 is 2.65 bits per heavy atom. The Morgan fingerprint density at radius 1 is 1.20 bits per heavy atom. The van der Waals surface area contributed by atoms with E-state index in [2.05, 4.69) is 36.3 Å². The molecule has 0 aromatic heterocycles. The van der Waals surface area contributed by atoms with Crippen molar-refractivity contribution in [1.82, 2.24) is 15.5 Å². The van der Waals surface area contributed by atoms with Crippen LogP contribution >= 0.6 is 24.0 Å². The summed E-state index contributed by atoms with van der Waals surface area (Å²) in [5.74, 6) is 1.73. The average molecular weight is 396 g/mol. The highest BCUT2D eigenvalue weighted by molar-refractivity contribution is 14.0. The lowest BCUT2D eigenvalue weighted by molar-refractivity contribution is 0.326. The molecule has 1 rings (SSSR count). The summed E-state index contributed by atoms with van der Waals surface area (Å²) < 4.78 is 0. The van der Waals surface area contributed by atoms with E-state index in [4.69, 9.17) is 4.99 Å². The van der Waals surface area contributed by atoms with Crippen LogP contribution in [0.3, 0.4) is 0 Å². The highest BCUT2D eigenvalue weighted by atomic mass is 127. The summed E-state index contributed by atoms with van der Waals surface area (Å²) in [5.41, 5.74) is 0. The maximum Gasteiger partial charge on any atom is 0.191 e. The molecule has 0 bridgehead atoms. The van der Waals surface area contributed by atoms with Crippen molar-refractivity contribution in [2.45, 2.75) is 46.5 Å². The third kappa shape index (κ3) is 8.29. The molecule has 1 saturated heterocycles. The summed E-state index contributed by atoms with van der Waals surface area (Å²) in [6, 6.07) is 0. The molecule has 0 aliphatic carbocycles. The Bertz CT molecular complexity index is 258. The van der Waals surface area contributed by atoms with Crippen LogP contribution in [0, 0.1) is 5.92 Å². The summed E-state index contributed by atoms with van der Waals surface area (Å²) >= 11 is 0. The van der Waals surface area contributed by atoms with E-state index in [0.717, 1.165) is 31.5 Å². The number of likely N-dealkylation sites (tertiary alicyclic amines) is 1. The smallest absolute Gasteiger partial charge is 0.191 e. The zero-order valence-electron chi connectivity index (χ0n) is 13.5. The quantitative estimate of drug-likeness (QED) is 0.287. The second-order valence-corrected chi connectivity index (χ2v) is 5.46. The molecular weight excluding hydrogens is 363 g/mol. The van der Waals surface area contributed by atoms with E-state index in [0.29, 0.717) is 0 Å². The highest BCUT2D eigenvalue weighted by Gasteiger charge is 2.21. The van der Waals surface area contributed by atoms with Crippen LogP contribution < -0.4 is 10.6 Å². The van der Waals surface area contributed by atoms with Gasteiger partial charge in [-0.3, -0.25) is 4.99 Å².